The summed E-state index contributed by atoms with van der Waals surface area (Å²) >= 11 is 5.61. The van der Waals surface area contributed by atoms with Crippen LogP contribution in [0.15, 0.2) is 18.2 Å². The van der Waals surface area contributed by atoms with Gasteiger partial charge in [0.05, 0.1) is 5.56 Å². The molecule has 2 rings (SSSR count). The second-order valence-electron chi connectivity index (χ2n) is 3.79. The average Bonchev–Trinajstić information content (AvgIpc) is 2.70. The number of hydrogen-bond donors (Lipinski definition) is 2. The van der Waals surface area contributed by atoms with E-state index in [4.69, 9.17) is 11.6 Å². The summed E-state index contributed by atoms with van der Waals surface area (Å²) in [5, 5.41) is 6.18. The molecule has 86 valence electrons. The summed E-state index contributed by atoms with van der Waals surface area (Å²) in [6.45, 7) is 1.62. The summed E-state index contributed by atoms with van der Waals surface area (Å²) in [5.74, 6) is -0.973. The van der Waals surface area contributed by atoms with Gasteiger partial charge in [-0.2, -0.15) is 0 Å². The van der Waals surface area contributed by atoms with Gasteiger partial charge >= 0.3 is 0 Å². The first-order valence-electron chi connectivity index (χ1n) is 5.13. The Morgan fingerprint density at radius 1 is 1.56 bits per heavy atom. The maximum absolute atomic E-state index is 13.4. The van der Waals surface area contributed by atoms with Crippen molar-refractivity contribution in [3.63, 3.8) is 0 Å². The van der Waals surface area contributed by atoms with Crippen molar-refractivity contribution in [1.29, 1.82) is 0 Å². The fourth-order valence-electron chi connectivity index (χ4n) is 1.71. The van der Waals surface area contributed by atoms with Gasteiger partial charge in [-0.3, -0.25) is 4.79 Å². The molecule has 0 spiro atoms. The first-order valence-corrected chi connectivity index (χ1v) is 5.51. The molecule has 1 aliphatic heterocycles. The maximum Gasteiger partial charge on any atom is 0.254 e. The van der Waals surface area contributed by atoms with E-state index in [0.29, 0.717) is 0 Å². The molecular weight excluding hydrogens is 231 g/mol. The van der Waals surface area contributed by atoms with Gasteiger partial charge in [-0.15, -0.1) is 0 Å². The van der Waals surface area contributed by atoms with E-state index in [2.05, 4.69) is 10.6 Å². The molecule has 3 nitrogen and oxygen atoms in total. The molecule has 16 heavy (non-hydrogen) atoms. The molecule has 0 radical (unpaired) electrons. The van der Waals surface area contributed by atoms with Crippen molar-refractivity contribution in [3.05, 3.63) is 34.6 Å². The maximum atomic E-state index is 13.4. The van der Waals surface area contributed by atoms with Crippen molar-refractivity contribution in [2.45, 2.75) is 12.5 Å². The largest absolute Gasteiger partial charge is 0.348 e. The Kier molecular flexibility index (Phi) is 3.41. The fourth-order valence-corrected chi connectivity index (χ4v) is 1.87. The molecule has 1 unspecified atom stereocenters. The van der Waals surface area contributed by atoms with Gasteiger partial charge in [-0.1, -0.05) is 11.6 Å². The van der Waals surface area contributed by atoms with E-state index in [1.165, 1.54) is 12.1 Å². The highest BCUT2D eigenvalue weighted by Crippen LogP contribution is 2.14. The van der Waals surface area contributed by atoms with Crippen LogP contribution in [0, 0.1) is 5.82 Å². The Balaban J connectivity index is 2.08. The topological polar surface area (TPSA) is 41.1 Å². The van der Waals surface area contributed by atoms with E-state index >= 15 is 0 Å². The number of carbonyl (C=O) groups excluding carboxylic acids is 1. The third-order valence-electron chi connectivity index (χ3n) is 2.57. The second kappa shape index (κ2) is 4.80. The van der Waals surface area contributed by atoms with Gasteiger partial charge in [0.25, 0.3) is 5.91 Å². The third kappa shape index (κ3) is 2.51. The molecule has 1 aromatic rings. The lowest BCUT2D eigenvalue weighted by Crippen LogP contribution is -2.36. The highest BCUT2D eigenvalue weighted by atomic mass is 35.5. The summed E-state index contributed by atoms with van der Waals surface area (Å²) in [7, 11) is 0. The minimum Gasteiger partial charge on any atom is -0.348 e. The highest BCUT2D eigenvalue weighted by molar-refractivity contribution is 6.30. The molecule has 0 aliphatic carbocycles. The van der Waals surface area contributed by atoms with Crippen LogP contribution in [0.4, 0.5) is 4.39 Å². The SMILES string of the molecule is O=C(NC1CCNC1)c1ccc(Cl)cc1F. The number of carbonyl (C=O) groups is 1. The van der Waals surface area contributed by atoms with Crippen LogP contribution in [-0.2, 0) is 0 Å². The van der Waals surface area contributed by atoms with Gasteiger partial charge in [-0.05, 0) is 31.2 Å². The van der Waals surface area contributed by atoms with E-state index in [1.54, 1.807) is 0 Å². The smallest absolute Gasteiger partial charge is 0.254 e. The van der Waals surface area contributed by atoms with E-state index in [-0.39, 0.29) is 22.5 Å². The Morgan fingerprint density at radius 2 is 2.38 bits per heavy atom. The van der Waals surface area contributed by atoms with Gasteiger partial charge in [0.15, 0.2) is 0 Å². The van der Waals surface area contributed by atoms with Crippen molar-refractivity contribution in [3.8, 4) is 0 Å². The van der Waals surface area contributed by atoms with Crippen LogP contribution in [0.3, 0.4) is 0 Å². The number of hydrogen-bond acceptors (Lipinski definition) is 2. The molecule has 0 bridgehead atoms. The molecule has 5 heteroatoms. The molecule has 1 heterocycles. The summed E-state index contributed by atoms with van der Waals surface area (Å²) < 4.78 is 13.4. The number of rotatable bonds is 2. The van der Waals surface area contributed by atoms with Crippen molar-refractivity contribution < 1.29 is 9.18 Å². The molecule has 1 aromatic carbocycles. The van der Waals surface area contributed by atoms with E-state index in [0.717, 1.165) is 25.6 Å². The molecular formula is C11H12ClFN2O. The summed E-state index contributed by atoms with van der Waals surface area (Å²) in [6, 6.07) is 4.13. The molecule has 0 aromatic heterocycles. The van der Waals surface area contributed by atoms with Gasteiger partial charge < -0.3 is 10.6 Å². The van der Waals surface area contributed by atoms with E-state index in [1.807, 2.05) is 0 Å². The van der Waals surface area contributed by atoms with Crippen LogP contribution in [0.5, 0.6) is 0 Å². The van der Waals surface area contributed by atoms with Crippen molar-refractivity contribution in [2.24, 2.45) is 0 Å². The molecule has 2 N–H and O–H groups in total. The normalized spacial score (nSPS) is 19.8. The zero-order valence-corrected chi connectivity index (χ0v) is 9.35. The highest BCUT2D eigenvalue weighted by Gasteiger charge is 2.19. The number of amides is 1. The average molecular weight is 243 g/mol. The van der Waals surface area contributed by atoms with Crippen LogP contribution in [0.2, 0.25) is 5.02 Å². The van der Waals surface area contributed by atoms with Crippen LogP contribution < -0.4 is 10.6 Å². The van der Waals surface area contributed by atoms with Crippen LogP contribution >= 0.6 is 11.6 Å². The van der Waals surface area contributed by atoms with Crippen molar-refractivity contribution >= 4 is 17.5 Å². The first-order chi connectivity index (χ1) is 7.66. The lowest BCUT2D eigenvalue weighted by Gasteiger charge is -2.11. The zero-order valence-electron chi connectivity index (χ0n) is 8.59. The first kappa shape index (κ1) is 11.4. The van der Waals surface area contributed by atoms with Crippen LogP contribution in [-0.4, -0.2) is 25.0 Å². The van der Waals surface area contributed by atoms with Gasteiger partial charge in [0, 0.05) is 17.6 Å². The van der Waals surface area contributed by atoms with Crippen LogP contribution in [0.25, 0.3) is 0 Å². The molecule has 1 atom stereocenters. The number of halogens is 2. The summed E-state index contributed by atoms with van der Waals surface area (Å²) in [5.41, 5.74) is 0.0382. The van der Waals surface area contributed by atoms with Crippen molar-refractivity contribution in [2.75, 3.05) is 13.1 Å². The molecule has 1 fully saturated rings. The van der Waals surface area contributed by atoms with Crippen LogP contribution in [0.1, 0.15) is 16.8 Å². The Hall–Kier alpha value is -1.13. The summed E-state index contributed by atoms with van der Waals surface area (Å²) in [4.78, 5) is 11.7. The minimum absolute atomic E-state index is 0.0382. The lowest BCUT2D eigenvalue weighted by atomic mass is 10.1. The molecule has 1 aliphatic rings. The lowest BCUT2D eigenvalue weighted by molar-refractivity contribution is 0.0936. The van der Waals surface area contributed by atoms with Gasteiger partial charge in [0.2, 0.25) is 0 Å². The standard InChI is InChI=1S/C11H12ClFN2O/c12-7-1-2-9(10(13)5-7)11(16)15-8-3-4-14-6-8/h1-2,5,8,14H,3-4,6H2,(H,15,16). The monoisotopic (exact) mass is 242 g/mol. The quantitative estimate of drug-likeness (QED) is 0.827. The van der Waals surface area contributed by atoms with E-state index in [9.17, 15) is 9.18 Å². The summed E-state index contributed by atoms with van der Waals surface area (Å²) in [6.07, 6.45) is 0.876. The fraction of sp³-hybridized carbons (Fsp3) is 0.364. The predicted octanol–water partition coefficient (Wildman–Crippen LogP) is 1.57. The minimum atomic E-state index is -0.587. The van der Waals surface area contributed by atoms with Gasteiger partial charge in [0.1, 0.15) is 5.82 Å². The molecule has 1 saturated heterocycles. The van der Waals surface area contributed by atoms with E-state index < -0.39 is 5.82 Å². The second-order valence-corrected chi connectivity index (χ2v) is 4.22. The number of benzene rings is 1. The predicted molar refractivity (Wildman–Crippen MR) is 60.2 cm³/mol. The third-order valence-corrected chi connectivity index (χ3v) is 2.81. The molecule has 1 amide bonds. The van der Waals surface area contributed by atoms with Gasteiger partial charge in [-0.25, -0.2) is 4.39 Å². The zero-order chi connectivity index (χ0) is 11.5. The Morgan fingerprint density at radius 3 is 3.00 bits per heavy atom. The number of nitrogens with one attached hydrogen (secondary N) is 2. The Bertz CT molecular complexity index is 405. The Labute approximate surface area is 98.0 Å². The molecule has 0 saturated carbocycles. The van der Waals surface area contributed by atoms with Crippen molar-refractivity contribution in [1.82, 2.24) is 10.6 Å².